The van der Waals surface area contributed by atoms with E-state index in [1.165, 1.54) is 11.3 Å². The highest BCUT2D eigenvalue weighted by molar-refractivity contribution is 7.16. The number of thiazole rings is 1. The van der Waals surface area contributed by atoms with Crippen LogP contribution in [0.4, 0.5) is 0 Å². The van der Waals surface area contributed by atoms with Crippen LogP contribution in [0.5, 0.6) is 0 Å². The largest absolute Gasteiger partial charge is 0.345 e. The molecule has 0 radical (unpaired) electrons. The van der Waals surface area contributed by atoms with Crippen molar-refractivity contribution in [3.63, 3.8) is 0 Å². The molecule has 2 heterocycles. The summed E-state index contributed by atoms with van der Waals surface area (Å²) in [6.45, 7) is 6.43. The Morgan fingerprint density at radius 3 is 2.76 bits per heavy atom. The van der Waals surface area contributed by atoms with Crippen LogP contribution in [0.15, 0.2) is 30.6 Å². The summed E-state index contributed by atoms with van der Waals surface area (Å²) in [7, 11) is 0. The molecule has 6 heteroatoms. The van der Waals surface area contributed by atoms with Crippen molar-refractivity contribution in [2.24, 2.45) is 11.7 Å². The predicted octanol–water partition coefficient (Wildman–Crippen LogP) is 2.31. The lowest BCUT2D eigenvalue weighted by molar-refractivity contribution is 0.0887. The molecule has 0 aliphatic heterocycles. The van der Waals surface area contributed by atoms with E-state index in [4.69, 9.17) is 5.73 Å². The Balaban J connectivity index is 2.16. The van der Waals surface area contributed by atoms with E-state index in [0.29, 0.717) is 11.4 Å². The first-order valence-corrected chi connectivity index (χ1v) is 7.68. The average molecular weight is 304 g/mol. The Labute approximate surface area is 128 Å². The Morgan fingerprint density at radius 2 is 2.19 bits per heavy atom. The topological polar surface area (TPSA) is 80.9 Å². The molecule has 2 aromatic rings. The Hall–Kier alpha value is -1.79. The summed E-state index contributed by atoms with van der Waals surface area (Å²) in [5.74, 6) is 0.103. The van der Waals surface area contributed by atoms with Crippen LogP contribution >= 0.6 is 11.3 Å². The summed E-state index contributed by atoms with van der Waals surface area (Å²) < 4.78 is 0. The SMILES string of the molecule is CC(C)C(C)(CN)NC(=O)c1cnc(-c2ccccn2)s1. The third kappa shape index (κ3) is 3.46. The molecule has 112 valence electrons. The summed E-state index contributed by atoms with van der Waals surface area (Å²) in [4.78, 5) is 21.4. The summed E-state index contributed by atoms with van der Waals surface area (Å²) >= 11 is 1.33. The summed E-state index contributed by atoms with van der Waals surface area (Å²) in [6, 6.07) is 5.62. The van der Waals surface area contributed by atoms with E-state index in [1.807, 2.05) is 39.0 Å². The Bertz CT molecular complexity index is 611. The molecule has 0 aromatic carbocycles. The lowest BCUT2D eigenvalue weighted by atomic mass is 9.88. The number of rotatable bonds is 5. The molecular weight excluding hydrogens is 284 g/mol. The van der Waals surface area contributed by atoms with Gasteiger partial charge in [-0.25, -0.2) is 4.98 Å². The standard InChI is InChI=1S/C15H20N4OS/c1-10(2)15(3,9-16)19-13(20)12-8-18-14(21-12)11-6-4-5-7-17-11/h4-8,10H,9,16H2,1-3H3,(H,19,20). The van der Waals surface area contributed by atoms with Gasteiger partial charge in [-0.05, 0) is 25.0 Å². The third-order valence-corrected chi connectivity index (χ3v) is 4.73. The number of pyridine rings is 1. The van der Waals surface area contributed by atoms with Crippen LogP contribution in [0.3, 0.4) is 0 Å². The highest BCUT2D eigenvalue weighted by atomic mass is 32.1. The summed E-state index contributed by atoms with van der Waals surface area (Å²) in [5.41, 5.74) is 6.14. The number of hydrogen-bond acceptors (Lipinski definition) is 5. The predicted molar refractivity (Wildman–Crippen MR) is 85.1 cm³/mol. The minimum Gasteiger partial charge on any atom is -0.345 e. The molecule has 3 N–H and O–H groups in total. The molecule has 0 aliphatic carbocycles. The molecule has 1 atom stereocenters. The zero-order valence-corrected chi connectivity index (χ0v) is 13.3. The minimum atomic E-state index is -0.424. The first kappa shape index (κ1) is 15.6. The second-order valence-corrected chi connectivity index (χ2v) is 6.51. The summed E-state index contributed by atoms with van der Waals surface area (Å²) in [5, 5.41) is 3.75. The van der Waals surface area contributed by atoms with E-state index >= 15 is 0 Å². The first-order chi connectivity index (χ1) is 9.96. The zero-order chi connectivity index (χ0) is 15.5. The zero-order valence-electron chi connectivity index (χ0n) is 12.5. The van der Waals surface area contributed by atoms with E-state index < -0.39 is 5.54 Å². The van der Waals surface area contributed by atoms with Crippen molar-refractivity contribution in [3.8, 4) is 10.7 Å². The van der Waals surface area contributed by atoms with Gasteiger partial charge in [-0.2, -0.15) is 0 Å². The van der Waals surface area contributed by atoms with Crippen LogP contribution in [0.25, 0.3) is 10.7 Å². The van der Waals surface area contributed by atoms with E-state index in [1.54, 1.807) is 12.4 Å². The van der Waals surface area contributed by atoms with E-state index in [0.717, 1.165) is 10.7 Å². The van der Waals surface area contributed by atoms with Gasteiger partial charge in [-0.3, -0.25) is 9.78 Å². The maximum atomic E-state index is 12.4. The minimum absolute atomic E-state index is 0.142. The fourth-order valence-electron chi connectivity index (χ4n) is 1.74. The maximum Gasteiger partial charge on any atom is 0.263 e. The van der Waals surface area contributed by atoms with Crippen LogP contribution in [0.2, 0.25) is 0 Å². The molecular formula is C15H20N4OS. The molecule has 0 fully saturated rings. The van der Waals surface area contributed by atoms with Gasteiger partial charge in [-0.15, -0.1) is 11.3 Å². The van der Waals surface area contributed by atoms with Crippen LogP contribution in [0.1, 0.15) is 30.4 Å². The van der Waals surface area contributed by atoms with Crippen molar-refractivity contribution in [2.45, 2.75) is 26.3 Å². The molecule has 5 nitrogen and oxygen atoms in total. The number of nitrogens with one attached hydrogen (secondary N) is 1. The fraction of sp³-hybridized carbons (Fsp3) is 0.400. The molecule has 21 heavy (non-hydrogen) atoms. The van der Waals surface area contributed by atoms with Crippen LogP contribution in [-0.4, -0.2) is 28.0 Å². The maximum absolute atomic E-state index is 12.4. The Morgan fingerprint density at radius 1 is 1.43 bits per heavy atom. The second-order valence-electron chi connectivity index (χ2n) is 5.48. The molecule has 2 aromatic heterocycles. The monoisotopic (exact) mass is 304 g/mol. The van der Waals surface area contributed by atoms with Crippen LogP contribution in [-0.2, 0) is 0 Å². The molecule has 2 rings (SSSR count). The first-order valence-electron chi connectivity index (χ1n) is 6.86. The van der Waals surface area contributed by atoms with Crippen molar-refractivity contribution in [1.82, 2.24) is 15.3 Å². The van der Waals surface area contributed by atoms with Gasteiger partial charge >= 0.3 is 0 Å². The molecule has 0 saturated heterocycles. The van der Waals surface area contributed by atoms with Gasteiger partial charge in [-0.1, -0.05) is 19.9 Å². The van der Waals surface area contributed by atoms with Crippen molar-refractivity contribution < 1.29 is 4.79 Å². The quantitative estimate of drug-likeness (QED) is 0.888. The fourth-order valence-corrected chi connectivity index (χ4v) is 2.53. The van der Waals surface area contributed by atoms with E-state index in [2.05, 4.69) is 15.3 Å². The number of carbonyl (C=O) groups is 1. The van der Waals surface area contributed by atoms with E-state index in [9.17, 15) is 4.79 Å². The van der Waals surface area contributed by atoms with Crippen molar-refractivity contribution >= 4 is 17.2 Å². The number of nitrogens with two attached hydrogens (primary N) is 1. The Kier molecular flexibility index (Phi) is 4.69. The van der Waals surface area contributed by atoms with Gasteiger partial charge < -0.3 is 11.1 Å². The number of amides is 1. The third-order valence-electron chi connectivity index (χ3n) is 3.71. The second kappa shape index (κ2) is 6.32. The highest BCUT2D eigenvalue weighted by Crippen LogP contribution is 2.24. The van der Waals surface area contributed by atoms with Crippen molar-refractivity contribution in [1.29, 1.82) is 0 Å². The van der Waals surface area contributed by atoms with Gasteiger partial charge in [0.25, 0.3) is 5.91 Å². The van der Waals surface area contributed by atoms with E-state index in [-0.39, 0.29) is 11.8 Å². The molecule has 0 bridgehead atoms. The van der Waals surface area contributed by atoms with Gasteiger partial charge in [0.1, 0.15) is 9.88 Å². The average Bonchev–Trinajstić information content (AvgIpc) is 2.97. The number of nitrogens with zero attached hydrogens (tertiary/aromatic N) is 2. The number of aromatic nitrogens is 2. The van der Waals surface area contributed by atoms with Crippen LogP contribution in [0, 0.1) is 5.92 Å². The molecule has 0 saturated carbocycles. The van der Waals surface area contributed by atoms with Gasteiger partial charge in [0.05, 0.1) is 17.4 Å². The molecule has 0 spiro atoms. The van der Waals surface area contributed by atoms with Gasteiger partial charge in [0.2, 0.25) is 0 Å². The number of hydrogen-bond donors (Lipinski definition) is 2. The van der Waals surface area contributed by atoms with Crippen molar-refractivity contribution in [2.75, 3.05) is 6.54 Å². The van der Waals surface area contributed by atoms with Gasteiger partial charge in [0.15, 0.2) is 0 Å². The lowest BCUT2D eigenvalue weighted by Gasteiger charge is -2.33. The van der Waals surface area contributed by atoms with Crippen LogP contribution < -0.4 is 11.1 Å². The highest BCUT2D eigenvalue weighted by Gasteiger charge is 2.29. The lowest BCUT2D eigenvalue weighted by Crippen LogP contribution is -2.54. The molecule has 1 unspecified atom stereocenters. The van der Waals surface area contributed by atoms with Crippen molar-refractivity contribution in [3.05, 3.63) is 35.5 Å². The normalized spacial score (nSPS) is 14.0. The smallest absolute Gasteiger partial charge is 0.263 e. The number of carbonyl (C=O) groups excluding carboxylic acids is 1. The van der Waals surface area contributed by atoms with Gasteiger partial charge in [0, 0.05) is 12.7 Å². The molecule has 0 aliphatic rings. The molecule has 1 amide bonds. The summed E-state index contributed by atoms with van der Waals surface area (Å²) in [6.07, 6.45) is 3.29.